The molecule has 0 saturated heterocycles. The van der Waals surface area contributed by atoms with E-state index in [0.717, 1.165) is 18.8 Å². The minimum atomic E-state index is -5.08. The Labute approximate surface area is 94.7 Å². The third-order valence-corrected chi connectivity index (χ3v) is 1.89. The van der Waals surface area contributed by atoms with Gasteiger partial charge >= 0.3 is 12.1 Å². The normalized spacial score (nSPS) is 14.9. The number of nitrogens with one attached hydrogen (secondary N) is 1. The number of hydrogen-bond donors (Lipinski definition) is 2. The molecule has 17 heavy (non-hydrogen) atoms. The maximum atomic E-state index is 10.6. The van der Waals surface area contributed by atoms with Gasteiger partial charge in [-0.1, -0.05) is 6.08 Å². The van der Waals surface area contributed by atoms with Gasteiger partial charge in [0.15, 0.2) is 0 Å². The Bertz CT molecular complexity index is 395. The lowest BCUT2D eigenvalue weighted by atomic mass is 10.2. The average Bonchev–Trinajstić information content (AvgIpc) is 2.90. The minimum absolute atomic E-state index is 0.938. The van der Waals surface area contributed by atoms with Crippen LogP contribution in [0.5, 0.6) is 0 Å². The smallest absolute Gasteiger partial charge is 0.475 e. The number of hydrogen-bond acceptors (Lipinski definition) is 3. The van der Waals surface area contributed by atoms with E-state index >= 15 is 0 Å². The first-order valence-electron chi connectivity index (χ1n) is 4.65. The second-order valence-corrected chi connectivity index (χ2v) is 3.14. The lowest BCUT2D eigenvalue weighted by molar-refractivity contribution is -0.192. The predicted octanol–water partition coefficient (Wildman–Crippen LogP) is 1.90. The molecule has 1 aliphatic heterocycles. The zero-order valence-corrected chi connectivity index (χ0v) is 8.62. The van der Waals surface area contributed by atoms with Gasteiger partial charge in [-0.05, 0) is 12.1 Å². The predicted molar refractivity (Wildman–Crippen MR) is 53.2 cm³/mol. The zero-order valence-electron chi connectivity index (χ0n) is 8.62. The third kappa shape index (κ3) is 4.31. The molecule has 7 heteroatoms. The first-order valence-corrected chi connectivity index (χ1v) is 4.65. The molecular formula is C10H10F3NO3. The van der Waals surface area contributed by atoms with Gasteiger partial charge in [0.1, 0.15) is 5.76 Å². The number of furan rings is 1. The molecule has 0 saturated carbocycles. The van der Waals surface area contributed by atoms with Crippen molar-refractivity contribution in [3.63, 3.8) is 0 Å². The van der Waals surface area contributed by atoms with E-state index in [1.807, 2.05) is 12.1 Å². The Kier molecular flexibility index (Phi) is 4.33. The van der Waals surface area contributed by atoms with E-state index in [1.54, 1.807) is 6.26 Å². The van der Waals surface area contributed by atoms with Crippen LogP contribution in [0.3, 0.4) is 0 Å². The van der Waals surface area contributed by atoms with Crippen LogP contribution in [-0.2, 0) is 4.79 Å². The summed E-state index contributed by atoms with van der Waals surface area (Å²) >= 11 is 0. The van der Waals surface area contributed by atoms with Gasteiger partial charge in [0.05, 0.1) is 6.26 Å². The van der Waals surface area contributed by atoms with E-state index in [2.05, 4.69) is 11.4 Å². The Morgan fingerprint density at radius 2 is 2.12 bits per heavy atom. The highest BCUT2D eigenvalue weighted by Crippen LogP contribution is 2.15. The zero-order chi connectivity index (χ0) is 12.9. The fraction of sp³-hybridized carbons (Fsp3) is 0.300. The van der Waals surface area contributed by atoms with Crippen LogP contribution in [0, 0.1) is 0 Å². The molecule has 0 fully saturated rings. The second-order valence-electron chi connectivity index (χ2n) is 3.14. The van der Waals surface area contributed by atoms with Gasteiger partial charge in [0.2, 0.25) is 0 Å². The van der Waals surface area contributed by atoms with Gasteiger partial charge < -0.3 is 14.8 Å². The summed E-state index contributed by atoms with van der Waals surface area (Å²) in [6.45, 7) is 1.91. The van der Waals surface area contributed by atoms with Crippen molar-refractivity contribution in [2.45, 2.75) is 6.18 Å². The van der Waals surface area contributed by atoms with Crippen LogP contribution in [0.1, 0.15) is 5.76 Å². The Hall–Kier alpha value is -1.76. The maximum Gasteiger partial charge on any atom is 0.490 e. The highest BCUT2D eigenvalue weighted by atomic mass is 19.4. The molecule has 0 amide bonds. The summed E-state index contributed by atoms with van der Waals surface area (Å²) in [5, 5.41) is 10.3. The van der Waals surface area contributed by atoms with E-state index in [9.17, 15) is 13.2 Å². The summed E-state index contributed by atoms with van der Waals surface area (Å²) in [4.78, 5) is 8.90. The first-order chi connectivity index (χ1) is 7.91. The topological polar surface area (TPSA) is 62.5 Å². The van der Waals surface area contributed by atoms with Crippen molar-refractivity contribution in [2.24, 2.45) is 0 Å². The summed E-state index contributed by atoms with van der Waals surface area (Å²) in [5.74, 6) is -1.77. The van der Waals surface area contributed by atoms with Crippen molar-refractivity contribution < 1.29 is 27.5 Å². The van der Waals surface area contributed by atoms with Crippen LogP contribution in [0.15, 0.2) is 28.9 Å². The largest absolute Gasteiger partial charge is 0.490 e. The molecule has 0 aromatic carbocycles. The molecule has 0 atom stereocenters. The van der Waals surface area contributed by atoms with Crippen molar-refractivity contribution in [3.05, 3.63) is 30.2 Å². The molecule has 2 heterocycles. The number of alkyl halides is 3. The van der Waals surface area contributed by atoms with E-state index in [4.69, 9.17) is 14.3 Å². The molecular weight excluding hydrogens is 239 g/mol. The first kappa shape index (κ1) is 13.3. The van der Waals surface area contributed by atoms with Crippen LogP contribution in [0.25, 0.3) is 5.57 Å². The molecule has 0 radical (unpaired) electrons. The van der Waals surface area contributed by atoms with Gasteiger partial charge in [-0.25, -0.2) is 4.79 Å². The van der Waals surface area contributed by atoms with Crippen LogP contribution in [0.4, 0.5) is 13.2 Å². The molecule has 94 valence electrons. The molecule has 1 aromatic rings. The lowest BCUT2D eigenvalue weighted by Gasteiger charge is -1.93. The molecule has 2 N–H and O–H groups in total. The molecule has 1 aliphatic rings. The van der Waals surface area contributed by atoms with Gasteiger partial charge in [0.25, 0.3) is 0 Å². The van der Waals surface area contributed by atoms with Crippen LogP contribution in [-0.4, -0.2) is 30.3 Å². The summed E-state index contributed by atoms with van der Waals surface area (Å²) < 4.78 is 36.9. The van der Waals surface area contributed by atoms with Crippen molar-refractivity contribution in [1.29, 1.82) is 0 Å². The van der Waals surface area contributed by atoms with Gasteiger partial charge in [-0.3, -0.25) is 0 Å². The van der Waals surface area contributed by atoms with Crippen molar-refractivity contribution in [1.82, 2.24) is 5.32 Å². The van der Waals surface area contributed by atoms with Crippen molar-refractivity contribution in [2.75, 3.05) is 13.1 Å². The minimum Gasteiger partial charge on any atom is -0.475 e. The standard InChI is InChI=1S/C8H9NO.C2HF3O2/c1-2-8(10-5-1)7-3-4-9-6-7;3-2(4,5)1(6)7/h1-3,5,9H,4,6H2;(H,6,7). The number of halogens is 3. The van der Waals surface area contributed by atoms with Crippen LogP contribution < -0.4 is 5.32 Å². The fourth-order valence-electron chi connectivity index (χ4n) is 1.12. The van der Waals surface area contributed by atoms with Crippen LogP contribution >= 0.6 is 0 Å². The molecule has 2 rings (SSSR count). The number of carboxylic acid groups (broad SMARTS) is 1. The van der Waals surface area contributed by atoms with Crippen molar-refractivity contribution >= 4 is 11.5 Å². The van der Waals surface area contributed by atoms with E-state index in [1.165, 1.54) is 5.57 Å². The summed E-state index contributed by atoms with van der Waals surface area (Å²) in [6.07, 6.45) is -1.23. The summed E-state index contributed by atoms with van der Waals surface area (Å²) in [7, 11) is 0. The van der Waals surface area contributed by atoms with Gasteiger partial charge in [-0.2, -0.15) is 13.2 Å². The average molecular weight is 249 g/mol. The second kappa shape index (κ2) is 5.53. The quantitative estimate of drug-likeness (QED) is 0.797. The molecule has 0 unspecified atom stereocenters. The molecule has 0 spiro atoms. The van der Waals surface area contributed by atoms with E-state index in [0.29, 0.717) is 0 Å². The van der Waals surface area contributed by atoms with Crippen LogP contribution in [0.2, 0.25) is 0 Å². The van der Waals surface area contributed by atoms with Crippen molar-refractivity contribution in [3.8, 4) is 0 Å². The SMILES string of the molecule is C1=C(c2ccco2)CNC1.O=C(O)C(F)(F)F. The summed E-state index contributed by atoms with van der Waals surface area (Å²) in [5.41, 5.74) is 1.27. The Balaban J connectivity index is 0.000000185. The number of carboxylic acids is 1. The molecule has 4 nitrogen and oxygen atoms in total. The highest BCUT2D eigenvalue weighted by molar-refractivity contribution is 5.73. The molecule has 0 aliphatic carbocycles. The van der Waals surface area contributed by atoms with Gasteiger partial charge in [0, 0.05) is 18.7 Å². The highest BCUT2D eigenvalue weighted by Gasteiger charge is 2.38. The molecule has 1 aromatic heterocycles. The maximum absolute atomic E-state index is 10.6. The van der Waals surface area contributed by atoms with E-state index in [-0.39, 0.29) is 0 Å². The van der Waals surface area contributed by atoms with E-state index < -0.39 is 12.1 Å². The number of rotatable bonds is 1. The monoisotopic (exact) mass is 249 g/mol. The molecule has 0 bridgehead atoms. The Morgan fingerprint density at radius 3 is 2.47 bits per heavy atom. The number of aliphatic carboxylic acids is 1. The lowest BCUT2D eigenvalue weighted by Crippen LogP contribution is -2.21. The number of carbonyl (C=O) groups is 1. The third-order valence-electron chi connectivity index (χ3n) is 1.89. The fourth-order valence-corrected chi connectivity index (χ4v) is 1.12. The summed E-state index contributed by atoms with van der Waals surface area (Å²) in [6, 6.07) is 3.90. The van der Waals surface area contributed by atoms with Gasteiger partial charge in [-0.15, -0.1) is 0 Å². The Morgan fingerprint density at radius 1 is 1.47 bits per heavy atom.